The third kappa shape index (κ3) is 8.21. The maximum atomic E-state index is 13.8. The van der Waals surface area contributed by atoms with Gasteiger partial charge in [0.1, 0.15) is 35.2 Å². The molecular weight excluding hydrogens is 603 g/mol. The number of hydrogen-bond acceptors (Lipinski definition) is 8. The highest BCUT2D eigenvalue weighted by Crippen LogP contribution is 2.34. The van der Waals surface area contributed by atoms with Crippen molar-refractivity contribution in [3.8, 4) is 34.3 Å². The van der Waals surface area contributed by atoms with Gasteiger partial charge in [-0.3, -0.25) is 4.79 Å². The number of rotatable bonds is 14. The molecule has 2 atom stereocenters. The summed E-state index contributed by atoms with van der Waals surface area (Å²) in [6, 6.07) is 19.1. The lowest BCUT2D eigenvalue weighted by Crippen LogP contribution is -2.47. The number of aliphatic hydroxyl groups is 1. The topological polar surface area (TPSA) is 108 Å². The van der Waals surface area contributed by atoms with E-state index in [0.29, 0.717) is 47.3 Å². The van der Waals surface area contributed by atoms with Gasteiger partial charge < -0.3 is 34.1 Å². The number of benzene rings is 3. The van der Waals surface area contributed by atoms with Crippen LogP contribution in [-0.2, 0) is 16.9 Å². The molecule has 1 heterocycles. The minimum atomic E-state index is -1.60. The molecule has 1 amide bonds. The van der Waals surface area contributed by atoms with Gasteiger partial charge in [-0.25, -0.2) is 9.37 Å². The molecule has 0 aliphatic rings. The van der Waals surface area contributed by atoms with Crippen LogP contribution in [0.25, 0.3) is 11.3 Å². The van der Waals surface area contributed by atoms with Gasteiger partial charge in [-0.1, -0.05) is 23.7 Å². The second-order valence-electron chi connectivity index (χ2n) is 10.3. The highest BCUT2D eigenvalue weighted by Gasteiger charge is 2.34. The van der Waals surface area contributed by atoms with Crippen molar-refractivity contribution < 1.29 is 38.0 Å². The van der Waals surface area contributed by atoms with Crippen LogP contribution in [0, 0.1) is 5.82 Å². The average molecular weight is 639 g/mol. The van der Waals surface area contributed by atoms with Crippen molar-refractivity contribution >= 4 is 17.5 Å². The molecule has 0 fully saturated rings. The van der Waals surface area contributed by atoms with Gasteiger partial charge in [0, 0.05) is 11.1 Å². The molecular formula is C34H36ClFN2O7. The van der Waals surface area contributed by atoms with Crippen LogP contribution in [-0.4, -0.2) is 56.6 Å². The van der Waals surface area contributed by atoms with Crippen LogP contribution in [0.2, 0.25) is 5.02 Å². The Hall–Kier alpha value is -4.38. The summed E-state index contributed by atoms with van der Waals surface area (Å²) in [6.07, 6.45) is 0. The van der Waals surface area contributed by atoms with E-state index in [0.717, 1.165) is 11.3 Å². The predicted molar refractivity (Wildman–Crippen MR) is 169 cm³/mol. The lowest BCUT2D eigenvalue weighted by atomic mass is 9.92. The molecule has 0 bridgehead atoms. The fraction of sp³-hybridized carbons (Fsp3) is 0.294. The minimum absolute atomic E-state index is 0.0703. The molecule has 45 heavy (non-hydrogen) atoms. The van der Waals surface area contributed by atoms with Crippen molar-refractivity contribution in [2.45, 2.75) is 32.1 Å². The average Bonchev–Trinajstić information content (AvgIpc) is 3.05. The van der Waals surface area contributed by atoms with Crippen molar-refractivity contribution in [1.29, 1.82) is 0 Å². The van der Waals surface area contributed by atoms with Gasteiger partial charge in [-0.2, -0.15) is 0 Å². The van der Waals surface area contributed by atoms with Crippen LogP contribution in [0.1, 0.15) is 35.5 Å². The second-order valence-corrected chi connectivity index (χ2v) is 10.7. The smallest absolute Gasteiger partial charge is 0.251 e. The number of ether oxygens (including phenoxy) is 5. The second kappa shape index (κ2) is 15.1. The zero-order valence-electron chi connectivity index (χ0n) is 25.7. The fourth-order valence-electron chi connectivity index (χ4n) is 4.44. The molecule has 238 valence electrons. The summed E-state index contributed by atoms with van der Waals surface area (Å²) in [5.74, 6) is 1.02. The monoisotopic (exact) mass is 638 g/mol. The van der Waals surface area contributed by atoms with Crippen LogP contribution in [0.4, 0.5) is 4.39 Å². The standard InChI is InChI=1S/C34H36ClFN2O7/c1-21(34(2,40)31-15-14-29(42-4)32(38-31)23-8-12-27(36)26(35)18-23)37-33(39)24-9-13-28(30(19-24)43-5)45-17-16-44-20-22-6-10-25(41-3)11-7-22/h6-15,18-19,21,40H,16-17,20H2,1-5H3,(H,37,39). The number of methoxy groups -OCH3 is 3. The highest BCUT2D eigenvalue weighted by atomic mass is 35.5. The zero-order chi connectivity index (χ0) is 32.6. The van der Waals surface area contributed by atoms with Gasteiger partial charge in [0.25, 0.3) is 5.91 Å². The molecule has 0 aliphatic carbocycles. The van der Waals surface area contributed by atoms with E-state index in [1.165, 1.54) is 32.4 Å². The minimum Gasteiger partial charge on any atom is -0.497 e. The first-order valence-electron chi connectivity index (χ1n) is 14.1. The van der Waals surface area contributed by atoms with Crippen molar-refractivity contribution in [3.63, 3.8) is 0 Å². The summed E-state index contributed by atoms with van der Waals surface area (Å²) in [4.78, 5) is 17.8. The van der Waals surface area contributed by atoms with Gasteiger partial charge >= 0.3 is 0 Å². The maximum absolute atomic E-state index is 13.8. The number of carbonyl (C=O) groups excluding carboxylic acids is 1. The van der Waals surface area contributed by atoms with Crippen molar-refractivity contribution in [2.75, 3.05) is 34.5 Å². The molecule has 4 rings (SSSR count). The summed E-state index contributed by atoms with van der Waals surface area (Å²) in [6.45, 7) is 4.26. The first kappa shape index (κ1) is 33.5. The molecule has 0 aliphatic heterocycles. The number of halogens is 2. The Morgan fingerprint density at radius 2 is 1.64 bits per heavy atom. The van der Waals surface area contributed by atoms with E-state index in [9.17, 15) is 14.3 Å². The molecule has 4 aromatic rings. The van der Waals surface area contributed by atoms with Crippen LogP contribution in [0.3, 0.4) is 0 Å². The van der Waals surface area contributed by atoms with Gasteiger partial charge in [0.2, 0.25) is 0 Å². The Bertz CT molecular complexity index is 1620. The predicted octanol–water partition coefficient (Wildman–Crippen LogP) is 6.19. The molecule has 2 N–H and O–H groups in total. The van der Waals surface area contributed by atoms with Crippen LogP contribution in [0.15, 0.2) is 72.8 Å². The van der Waals surface area contributed by atoms with Crippen molar-refractivity contribution in [1.82, 2.24) is 10.3 Å². The van der Waals surface area contributed by atoms with E-state index in [2.05, 4.69) is 10.3 Å². The summed E-state index contributed by atoms with van der Waals surface area (Å²) in [5, 5.41) is 14.3. The Kier molecular flexibility index (Phi) is 11.2. The largest absolute Gasteiger partial charge is 0.497 e. The summed E-state index contributed by atoms with van der Waals surface area (Å²) < 4.78 is 41.3. The third-order valence-corrected chi connectivity index (χ3v) is 7.61. The fourth-order valence-corrected chi connectivity index (χ4v) is 4.62. The number of hydrogen-bond donors (Lipinski definition) is 2. The van der Waals surface area contributed by atoms with Crippen molar-refractivity contribution in [3.05, 3.63) is 100 Å². The molecule has 1 aromatic heterocycles. The molecule has 0 spiro atoms. The third-order valence-electron chi connectivity index (χ3n) is 7.32. The van der Waals surface area contributed by atoms with Crippen LogP contribution in [0.5, 0.6) is 23.0 Å². The Morgan fingerprint density at radius 3 is 2.31 bits per heavy atom. The highest BCUT2D eigenvalue weighted by molar-refractivity contribution is 6.31. The number of pyridine rings is 1. The Balaban J connectivity index is 1.39. The van der Waals surface area contributed by atoms with E-state index in [-0.39, 0.29) is 17.3 Å². The maximum Gasteiger partial charge on any atom is 0.251 e. The van der Waals surface area contributed by atoms with E-state index < -0.39 is 23.4 Å². The summed E-state index contributed by atoms with van der Waals surface area (Å²) in [5.41, 5.74) is 0.856. The molecule has 0 saturated carbocycles. The normalized spacial score (nSPS) is 13.0. The van der Waals surface area contributed by atoms with E-state index in [1.54, 1.807) is 51.3 Å². The first-order chi connectivity index (χ1) is 21.6. The first-order valence-corrected chi connectivity index (χ1v) is 14.5. The number of nitrogens with one attached hydrogen (secondary N) is 1. The number of aromatic nitrogens is 1. The SMILES string of the molecule is COc1ccc(COCCOc2ccc(C(=O)NC(C)C(C)(O)c3ccc(OC)c(-c4ccc(F)c(Cl)c4)n3)cc2OC)cc1. The number of amides is 1. The van der Waals surface area contributed by atoms with E-state index in [1.807, 2.05) is 24.3 Å². The number of nitrogens with zero attached hydrogens (tertiary/aromatic N) is 1. The van der Waals surface area contributed by atoms with E-state index >= 15 is 0 Å². The molecule has 11 heteroatoms. The van der Waals surface area contributed by atoms with Gasteiger partial charge in [-0.15, -0.1) is 0 Å². The van der Waals surface area contributed by atoms with Crippen LogP contribution >= 0.6 is 11.6 Å². The van der Waals surface area contributed by atoms with Gasteiger partial charge in [0.05, 0.1) is 51.3 Å². The molecule has 3 aromatic carbocycles. The summed E-state index contributed by atoms with van der Waals surface area (Å²) >= 11 is 5.99. The molecule has 0 saturated heterocycles. The lowest BCUT2D eigenvalue weighted by Gasteiger charge is -2.31. The lowest BCUT2D eigenvalue weighted by molar-refractivity contribution is 0.0170. The quantitative estimate of drug-likeness (QED) is 0.158. The summed E-state index contributed by atoms with van der Waals surface area (Å²) in [7, 11) is 4.58. The van der Waals surface area contributed by atoms with E-state index in [4.69, 9.17) is 35.3 Å². The van der Waals surface area contributed by atoms with Gasteiger partial charge in [-0.05, 0) is 80.1 Å². The Morgan fingerprint density at radius 1 is 0.933 bits per heavy atom. The molecule has 9 nitrogen and oxygen atoms in total. The van der Waals surface area contributed by atoms with Gasteiger partial charge in [0.15, 0.2) is 11.5 Å². The van der Waals surface area contributed by atoms with Crippen LogP contribution < -0.4 is 24.3 Å². The zero-order valence-corrected chi connectivity index (χ0v) is 26.5. The number of carbonyl (C=O) groups is 1. The molecule has 0 radical (unpaired) electrons. The molecule has 2 unspecified atom stereocenters. The van der Waals surface area contributed by atoms with Crippen molar-refractivity contribution in [2.24, 2.45) is 0 Å². The Labute approximate surface area is 266 Å².